The molecule has 0 spiro atoms. The van der Waals surface area contributed by atoms with E-state index in [9.17, 15) is 39.4 Å². The molecule has 7 aromatic carbocycles. The lowest BCUT2D eigenvalue weighted by molar-refractivity contribution is -0.385. The van der Waals surface area contributed by atoms with Gasteiger partial charge in [0.25, 0.3) is 11.4 Å². The van der Waals surface area contributed by atoms with E-state index in [1.165, 1.54) is 183 Å². The van der Waals surface area contributed by atoms with Gasteiger partial charge in [-0.2, -0.15) is 0 Å². The first kappa shape index (κ1) is 150. The van der Waals surface area contributed by atoms with Crippen LogP contribution in [0.15, 0.2) is 170 Å². The highest BCUT2D eigenvalue weighted by molar-refractivity contribution is 6.61. The fourth-order valence-corrected chi connectivity index (χ4v) is 11.7. The lowest BCUT2D eigenvalue weighted by atomic mass is 10.2. The summed E-state index contributed by atoms with van der Waals surface area (Å²) < 4.78 is 40.4. The molecule has 0 aliphatic heterocycles. The Hall–Kier alpha value is -10.3. The summed E-state index contributed by atoms with van der Waals surface area (Å²) in [6.07, 6.45) is 23.6. The third kappa shape index (κ3) is 98.1. The van der Waals surface area contributed by atoms with Gasteiger partial charge in [-0.15, -0.1) is 12.4 Å². The molecule has 0 aliphatic carbocycles. The van der Waals surface area contributed by atoms with E-state index in [-0.39, 0.29) is 104 Å². The molecule has 2 amide bonds. The number of nitro groups is 2. The third-order valence-electron chi connectivity index (χ3n) is 19.0. The highest BCUT2D eigenvalue weighted by atomic mass is 35.5. The number of halogens is 2. The van der Waals surface area contributed by atoms with Gasteiger partial charge in [-0.3, -0.25) is 20.2 Å². The standard InChI is InChI=1S/C21H37N3O3.2C18H33N3O.C11H26N2O.C10H13NO3.C9H9NO5.C7H4ClNO4.C7H9NO.C2H6O.5CH4.ClH/c1-3-5-12-22-13-7-6-8-14-23-15-16-27-20-11-9-10-19(17-20)18-24-21(25)26-4-2;2*1-2-3-10-20-11-5-4-6-12-21-13-14-22-18-9-7-8-17(15-18)16-19;1-2-3-7-12-8-5-4-6-9-13-10-11-14;1-2-14-10(13)11-7-8-4-3-5-9(12)6-8;1-2-14-9(11)15-8-5-3-7(4-6-8)10(12)13;8-7(10)13-6-3-1-5(2-4-6)9(11)12;8-5-6-2-1-3-7(9)4-6;1-2-3;;;;;;/h9-11,17,22-23H,3-8,12-16,18H2,1-2H3,(H,24,25);2*7-9,15,20-21H,2-6,10-14,16,19H2,1H3;12-14H,2-11H2,1H3;3-6,12H,2,7H2,1H3,(H,11,13);3-6H,2H2,1H3;1-4H;1-4,9H,5,8H2;3H,2H2,1H3;5*1H4;1H. The molecule has 7 aromatic rings. The summed E-state index contributed by atoms with van der Waals surface area (Å²) in [5.41, 5.74) is 20.4. The lowest BCUT2D eigenvalue weighted by Gasteiger charge is -2.10. The van der Waals surface area contributed by atoms with E-state index in [2.05, 4.69) is 95.1 Å². The number of phenols is 2. The SMILES string of the molecule is C.C.C.C.C.CCCCNCCCCCNCCO.CCCCNCCCCCNCCOc1cccc(CN)c1.CCCCNCCCCCNCCOc1cccc(CN)c1.CCCCNCCCCCNCCOc1cccc(CNC(=O)OCC)c1.CCO.CCOC(=O)NCc1cccc(O)c1.CCOC(=O)Oc1ccc([N+](=O)[O-])cc1.Cl.NCc1cccc(O)c1.O=C(Cl)Oc1ccc([N+](=O)[O-])cc1. The number of non-ortho nitro benzene ring substituents is 2. The van der Waals surface area contributed by atoms with E-state index in [0.29, 0.717) is 65.8 Å². The molecule has 7 rings (SSSR count). The van der Waals surface area contributed by atoms with Gasteiger partial charge < -0.3 is 129 Å². The summed E-state index contributed by atoms with van der Waals surface area (Å²) in [5.74, 6) is 3.47. The maximum atomic E-state index is 11.3. The maximum absolute atomic E-state index is 11.3. The van der Waals surface area contributed by atoms with Crippen LogP contribution in [0.4, 0.5) is 30.6 Å². The second-order valence-corrected chi connectivity index (χ2v) is 31.2. The largest absolute Gasteiger partial charge is 0.513 e. The normalized spacial score (nSPS) is 9.72. The second kappa shape index (κ2) is 112. The molecule has 0 heterocycles. The molecule has 0 unspecified atom stereocenters. The molecule has 0 aromatic heterocycles. The van der Waals surface area contributed by atoms with Gasteiger partial charge in [-0.25, -0.2) is 19.2 Å². The van der Waals surface area contributed by atoms with Crippen LogP contribution in [0, 0.1) is 20.2 Å². The first-order chi connectivity index (χ1) is 67.6. The summed E-state index contributed by atoms with van der Waals surface area (Å²) in [7, 11) is 0. The average Bonchev–Trinajstić information content (AvgIpc) is 1.11. The molecule has 0 bridgehead atoms. The zero-order chi connectivity index (χ0) is 103. The Morgan fingerprint density at radius 1 is 0.331 bits per heavy atom. The third-order valence-corrected chi connectivity index (χ3v) is 19.1. The summed E-state index contributed by atoms with van der Waals surface area (Å²) in [5, 5.41) is 87.2. The molecule has 832 valence electrons. The van der Waals surface area contributed by atoms with Gasteiger partial charge in [-0.05, 0) is 296 Å². The number of aromatic hydroxyl groups is 2. The number of phenolic OH excluding ortho intramolecular Hbond substituents is 2. The summed E-state index contributed by atoms with van der Waals surface area (Å²) in [6.45, 7) is 38.4. The minimum absolute atomic E-state index is 0. The Morgan fingerprint density at radius 3 is 0.855 bits per heavy atom. The number of nitrogens with one attached hydrogen (secondary N) is 10. The lowest BCUT2D eigenvalue weighted by Crippen LogP contribution is -2.24. The Balaban J connectivity index is -0.000000248. The number of hydrogen-bond acceptors (Lipinski definition) is 31. The van der Waals surface area contributed by atoms with Crippen LogP contribution >= 0.6 is 24.0 Å². The van der Waals surface area contributed by atoms with E-state index in [4.69, 9.17) is 72.9 Å². The van der Waals surface area contributed by atoms with Crippen molar-refractivity contribution >= 4 is 59.2 Å². The number of aliphatic hydroxyl groups excluding tert-OH is 2. The monoisotopic (exact) mass is 2090 g/mol. The molecular weight excluding hydrogens is 1900 g/mol. The van der Waals surface area contributed by atoms with Gasteiger partial charge in [0.2, 0.25) is 0 Å². The predicted octanol–water partition coefficient (Wildman–Crippen LogP) is 20.5. The first-order valence-electron chi connectivity index (χ1n) is 49.3. The highest BCUT2D eigenvalue weighted by Crippen LogP contribution is 2.21. The highest BCUT2D eigenvalue weighted by Gasteiger charge is 2.11. The van der Waals surface area contributed by atoms with Crippen LogP contribution in [0.2, 0.25) is 0 Å². The van der Waals surface area contributed by atoms with Crippen LogP contribution in [0.3, 0.4) is 0 Å². The number of unbranched alkanes of at least 4 members (excludes halogenated alkanes) is 12. The van der Waals surface area contributed by atoms with E-state index in [1.807, 2.05) is 84.9 Å². The topological polar surface area (TPSA) is 508 Å². The van der Waals surface area contributed by atoms with Crippen molar-refractivity contribution in [2.75, 3.05) is 158 Å². The van der Waals surface area contributed by atoms with Crippen LogP contribution in [-0.4, -0.2) is 212 Å². The van der Waals surface area contributed by atoms with E-state index in [1.54, 1.807) is 64.1 Å². The van der Waals surface area contributed by atoms with Gasteiger partial charge in [0.1, 0.15) is 60.1 Å². The number of nitro benzene ring substituents is 2. The zero-order valence-corrected chi connectivity index (χ0v) is 86.1. The van der Waals surface area contributed by atoms with E-state index >= 15 is 0 Å². The predicted molar refractivity (Wildman–Crippen MR) is 598 cm³/mol. The van der Waals surface area contributed by atoms with Crippen molar-refractivity contribution in [3.8, 4) is 40.2 Å². The number of amides is 2. The molecular formula is C108H191Cl2N15O20. The fraction of sp³-hybridized carbons (Fsp3) is 0.574. The van der Waals surface area contributed by atoms with Crippen LogP contribution in [0.5, 0.6) is 40.2 Å². The molecule has 35 nitrogen and oxygen atoms in total. The number of hydrogen-bond donors (Lipinski definition) is 17. The van der Waals surface area contributed by atoms with Crippen molar-refractivity contribution in [3.63, 3.8) is 0 Å². The number of carbonyl (C=O) groups excluding carboxylic acids is 4. The molecule has 145 heavy (non-hydrogen) atoms. The van der Waals surface area contributed by atoms with Crippen molar-refractivity contribution in [2.45, 2.75) is 254 Å². The molecule has 0 atom stereocenters. The van der Waals surface area contributed by atoms with Crippen LogP contribution in [0.25, 0.3) is 0 Å². The summed E-state index contributed by atoms with van der Waals surface area (Å²) >= 11 is 4.92. The maximum Gasteiger partial charge on any atom is 0.513 e. The molecule has 20 N–H and O–H groups in total. The van der Waals surface area contributed by atoms with E-state index < -0.39 is 33.6 Å². The minimum atomic E-state index is -0.978. The first-order valence-corrected chi connectivity index (χ1v) is 49.7. The number of nitrogens with two attached hydrogens (primary N) is 3. The van der Waals surface area contributed by atoms with E-state index in [0.717, 1.165) is 143 Å². The summed E-state index contributed by atoms with van der Waals surface area (Å²) in [6, 6.07) is 47.5. The quantitative estimate of drug-likeness (QED) is 0.00320. The fourth-order valence-electron chi connectivity index (χ4n) is 11.7. The average molecular weight is 2090 g/mol. The van der Waals surface area contributed by atoms with Crippen molar-refractivity contribution in [3.05, 3.63) is 218 Å². The molecule has 0 radical (unpaired) electrons. The van der Waals surface area contributed by atoms with Crippen LogP contribution < -0.4 is 94.1 Å². The smallest absolute Gasteiger partial charge is 0.508 e. The molecule has 0 saturated carbocycles. The number of rotatable bonds is 64. The number of aliphatic hydroxyl groups is 2. The number of nitrogens with zero attached hydrogens (tertiary/aromatic N) is 2. The Labute approximate surface area is 881 Å². The van der Waals surface area contributed by atoms with Crippen molar-refractivity contribution in [2.24, 2.45) is 17.2 Å². The van der Waals surface area contributed by atoms with Crippen LogP contribution in [0.1, 0.15) is 249 Å². The molecule has 0 fully saturated rings. The van der Waals surface area contributed by atoms with Crippen molar-refractivity contribution < 1.29 is 87.3 Å². The molecule has 0 aliphatic rings. The van der Waals surface area contributed by atoms with Gasteiger partial charge in [0.15, 0.2) is 0 Å². The van der Waals surface area contributed by atoms with Crippen molar-refractivity contribution in [1.29, 1.82) is 0 Å². The Bertz CT molecular complexity index is 3990. The van der Waals surface area contributed by atoms with Gasteiger partial charge in [0.05, 0.1) is 36.3 Å². The number of alkyl carbamates (subject to hydrolysis) is 2. The zero-order valence-electron chi connectivity index (χ0n) is 84.5. The van der Waals surface area contributed by atoms with Crippen molar-refractivity contribution in [1.82, 2.24) is 53.2 Å². The number of carbonyl (C=O) groups is 4. The second-order valence-electron chi connectivity index (χ2n) is 30.9. The molecule has 37 heteroatoms. The Kier molecular flexibility index (Phi) is 116. The minimum Gasteiger partial charge on any atom is -0.508 e. The Morgan fingerprint density at radius 2 is 0.586 bits per heavy atom. The number of benzene rings is 7. The molecule has 0 saturated heterocycles. The summed E-state index contributed by atoms with van der Waals surface area (Å²) in [4.78, 5) is 62.8. The van der Waals surface area contributed by atoms with Gasteiger partial charge in [0, 0.05) is 101 Å². The number of ether oxygens (including phenoxy) is 8. The van der Waals surface area contributed by atoms with Gasteiger partial charge in [-0.1, -0.05) is 177 Å². The van der Waals surface area contributed by atoms with Crippen LogP contribution in [-0.2, 0) is 46.9 Å². The van der Waals surface area contributed by atoms with Gasteiger partial charge >= 0.3 is 23.8 Å².